The highest BCUT2D eigenvalue weighted by Crippen LogP contribution is 2.30. The van der Waals surface area contributed by atoms with Crippen molar-refractivity contribution >= 4 is 0 Å². The number of piperidine rings is 1. The minimum absolute atomic E-state index is 0.112. The van der Waals surface area contributed by atoms with E-state index < -0.39 is 11.9 Å². The Kier molecular flexibility index (Phi) is 3.42. The molecule has 96 valence electrons. The van der Waals surface area contributed by atoms with Crippen LogP contribution in [0.15, 0.2) is 0 Å². The first-order valence-electron chi connectivity index (χ1n) is 5.80. The smallest absolute Gasteiger partial charge is 0.346 e. The van der Waals surface area contributed by atoms with Crippen molar-refractivity contribution in [3.05, 3.63) is 17.2 Å². The summed E-state index contributed by atoms with van der Waals surface area (Å²) in [5.41, 5.74) is -0.664. The Morgan fingerprint density at radius 3 is 2.47 bits per heavy atom. The van der Waals surface area contributed by atoms with Gasteiger partial charge in [-0.1, -0.05) is 0 Å². The molecule has 0 unspecified atom stereocenters. The highest BCUT2D eigenvalue weighted by Gasteiger charge is 2.36. The van der Waals surface area contributed by atoms with Crippen LogP contribution < -0.4 is 5.32 Å². The van der Waals surface area contributed by atoms with E-state index in [-0.39, 0.29) is 5.69 Å². The second-order valence-corrected chi connectivity index (χ2v) is 4.55. The van der Waals surface area contributed by atoms with Gasteiger partial charge in [0.1, 0.15) is 5.82 Å². The van der Waals surface area contributed by atoms with Gasteiger partial charge in [0.15, 0.2) is 5.69 Å². The zero-order valence-corrected chi connectivity index (χ0v) is 9.69. The molecule has 1 aliphatic rings. The van der Waals surface area contributed by atoms with Gasteiger partial charge in [-0.3, -0.25) is 0 Å². The van der Waals surface area contributed by atoms with E-state index in [0.29, 0.717) is 18.2 Å². The third-order valence-corrected chi connectivity index (χ3v) is 3.14. The van der Waals surface area contributed by atoms with Crippen molar-refractivity contribution in [2.75, 3.05) is 13.1 Å². The number of imidazole rings is 1. The summed E-state index contributed by atoms with van der Waals surface area (Å²) in [4.78, 5) is 6.42. The van der Waals surface area contributed by atoms with Crippen LogP contribution >= 0.6 is 0 Å². The zero-order chi connectivity index (χ0) is 12.5. The van der Waals surface area contributed by atoms with E-state index >= 15 is 0 Å². The number of rotatable bonds is 2. The number of nitrogens with one attached hydrogen (secondary N) is 2. The highest BCUT2D eigenvalue weighted by atomic mass is 19.4. The monoisotopic (exact) mass is 247 g/mol. The SMILES string of the molecule is Cc1[nH]c(CC2CCNCC2)nc1C(F)(F)F. The summed E-state index contributed by atoms with van der Waals surface area (Å²) in [5, 5.41) is 3.23. The Labute approximate surface area is 97.8 Å². The first-order valence-corrected chi connectivity index (χ1v) is 5.80. The van der Waals surface area contributed by atoms with Crippen molar-refractivity contribution in [1.82, 2.24) is 15.3 Å². The van der Waals surface area contributed by atoms with Gasteiger partial charge < -0.3 is 10.3 Å². The van der Waals surface area contributed by atoms with Crippen LogP contribution in [0, 0.1) is 12.8 Å². The van der Waals surface area contributed by atoms with E-state index in [0.717, 1.165) is 25.9 Å². The van der Waals surface area contributed by atoms with Gasteiger partial charge in [0.05, 0.1) is 0 Å². The number of aromatic nitrogens is 2. The third-order valence-electron chi connectivity index (χ3n) is 3.14. The average molecular weight is 247 g/mol. The van der Waals surface area contributed by atoms with Gasteiger partial charge in [0, 0.05) is 12.1 Å². The quantitative estimate of drug-likeness (QED) is 0.841. The van der Waals surface area contributed by atoms with Gasteiger partial charge in [-0.25, -0.2) is 4.98 Å². The number of alkyl halides is 3. The maximum Gasteiger partial charge on any atom is 0.435 e. The first kappa shape index (κ1) is 12.4. The molecule has 0 spiro atoms. The van der Waals surface area contributed by atoms with Crippen molar-refractivity contribution < 1.29 is 13.2 Å². The number of H-pyrrole nitrogens is 1. The molecule has 2 rings (SSSR count). The van der Waals surface area contributed by atoms with Gasteiger partial charge in [-0.2, -0.15) is 13.2 Å². The summed E-state index contributed by atoms with van der Waals surface area (Å²) in [6.07, 6.45) is -1.74. The van der Waals surface area contributed by atoms with E-state index in [1.165, 1.54) is 6.92 Å². The summed E-state index contributed by atoms with van der Waals surface area (Å²) in [6, 6.07) is 0. The van der Waals surface area contributed by atoms with Gasteiger partial charge in [0.2, 0.25) is 0 Å². The van der Waals surface area contributed by atoms with Crippen LogP contribution in [0.25, 0.3) is 0 Å². The number of hydrogen-bond donors (Lipinski definition) is 2. The molecule has 0 bridgehead atoms. The molecule has 17 heavy (non-hydrogen) atoms. The maximum atomic E-state index is 12.5. The lowest BCUT2D eigenvalue weighted by Gasteiger charge is -2.21. The van der Waals surface area contributed by atoms with Gasteiger partial charge in [-0.15, -0.1) is 0 Å². The second-order valence-electron chi connectivity index (χ2n) is 4.55. The minimum Gasteiger partial charge on any atom is -0.346 e. The van der Waals surface area contributed by atoms with Crippen molar-refractivity contribution in [2.45, 2.75) is 32.4 Å². The van der Waals surface area contributed by atoms with Crippen LogP contribution in [-0.4, -0.2) is 23.1 Å². The number of nitrogens with zero attached hydrogens (tertiary/aromatic N) is 1. The lowest BCUT2D eigenvalue weighted by molar-refractivity contribution is -0.141. The molecule has 0 atom stereocenters. The molecule has 3 nitrogen and oxygen atoms in total. The van der Waals surface area contributed by atoms with Crippen LogP contribution in [-0.2, 0) is 12.6 Å². The fourth-order valence-corrected chi connectivity index (χ4v) is 2.25. The molecule has 0 aliphatic carbocycles. The van der Waals surface area contributed by atoms with E-state index in [1.54, 1.807) is 0 Å². The van der Waals surface area contributed by atoms with Crippen molar-refractivity contribution in [3.63, 3.8) is 0 Å². The molecule has 0 amide bonds. The van der Waals surface area contributed by atoms with Crippen LogP contribution in [0.1, 0.15) is 30.1 Å². The Morgan fingerprint density at radius 1 is 1.29 bits per heavy atom. The van der Waals surface area contributed by atoms with Crippen molar-refractivity contribution in [3.8, 4) is 0 Å². The fourth-order valence-electron chi connectivity index (χ4n) is 2.25. The minimum atomic E-state index is -4.35. The van der Waals surface area contributed by atoms with Crippen molar-refractivity contribution in [1.29, 1.82) is 0 Å². The lowest BCUT2D eigenvalue weighted by Crippen LogP contribution is -2.28. The number of aryl methyl sites for hydroxylation is 1. The van der Waals surface area contributed by atoms with E-state index in [2.05, 4.69) is 15.3 Å². The standard InChI is InChI=1S/C11H16F3N3/c1-7-10(11(12,13)14)17-9(16-7)6-8-2-4-15-5-3-8/h8,15H,2-6H2,1H3,(H,16,17). The topological polar surface area (TPSA) is 40.7 Å². The summed E-state index contributed by atoms with van der Waals surface area (Å²) in [6.45, 7) is 3.30. The maximum absolute atomic E-state index is 12.5. The molecule has 1 aromatic heterocycles. The summed E-state index contributed by atoms with van der Waals surface area (Å²) >= 11 is 0. The Hall–Kier alpha value is -1.04. The third kappa shape index (κ3) is 3.00. The van der Waals surface area contributed by atoms with Gasteiger partial charge in [-0.05, 0) is 38.8 Å². The predicted molar refractivity (Wildman–Crippen MR) is 57.6 cm³/mol. The lowest BCUT2D eigenvalue weighted by atomic mass is 9.94. The zero-order valence-electron chi connectivity index (χ0n) is 9.69. The Bertz CT molecular complexity index is 378. The predicted octanol–water partition coefficient (Wildman–Crippen LogP) is 2.28. The molecule has 1 aliphatic heterocycles. The van der Waals surface area contributed by atoms with Gasteiger partial charge in [0.25, 0.3) is 0 Å². The molecule has 6 heteroatoms. The largest absolute Gasteiger partial charge is 0.435 e. The summed E-state index contributed by atoms with van der Waals surface area (Å²) < 4.78 is 37.6. The molecule has 2 heterocycles. The van der Waals surface area contributed by atoms with E-state index in [9.17, 15) is 13.2 Å². The van der Waals surface area contributed by atoms with Crippen LogP contribution in [0.2, 0.25) is 0 Å². The molecular weight excluding hydrogens is 231 g/mol. The summed E-state index contributed by atoms with van der Waals surface area (Å²) in [7, 11) is 0. The molecule has 2 N–H and O–H groups in total. The summed E-state index contributed by atoms with van der Waals surface area (Å²) in [5.74, 6) is 0.893. The average Bonchev–Trinajstić information content (AvgIpc) is 2.60. The van der Waals surface area contributed by atoms with Crippen LogP contribution in [0.5, 0.6) is 0 Å². The van der Waals surface area contributed by atoms with Crippen LogP contribution in [0.3, 0.4) is 0 Å². The number of halogens is 3. The normalized spacial score (nSPS) is 18.6. The highest BCUT2D eigenvalue weighted by molar-refractivity contribution is 5.16. The molecule has 1 aromatic rings. The molecule has 0 radical (unpaired) electrons. The molecule has 1 saturated heterocycles. The molecule has 0 saturated carbocycles. The Morgan fingerprint density at radius 2 is 1.94 bits per heavy atom. The first-order chi connectivity index (χ1) is 7.97. The number of aromatic amines is 1. The van der Waals surface area contributed by atoms with E-state index in [4.69, 9.17) is 0 Å². The Balaban J connectivity index is 2.06. The molecular formula is C11H16F3N3. The van der Waals surface area contributed by atoms with Crippen molar-refractivity contribution in [2.24, 2.45) is 5.92 Å². The molecule has 0 aromatic carbocycles. The fraction of sp³-hybridized carbons (Fsp3) is 0.727. The van der Waals surface area contributed by atoms with Crippen LogP contribution in [0.4, 0.5) is 13.2 Å². The van der Waals surface area contributed by atoms with E-state index in [1.807, 2.05) is 0 Å². The number of hydrogen-bond acceptors (Lipinski definition) is 2. The molecule has 1 fully saturated rings. The van der Waals surface area contributed by atoms with Gasteiger partial charge >= 0.3 is 6.18 Å². The second kappa shape index (κ2) is 4.68.